The quantitative estimate of drug-likeness (QED) is 0.868. The highest BCUT2D eigenvalue weighted by molar-refractivity contribution is 9.10. The van der Waals surface area contributed by atoms with Crippen LogP contribution in [0.5, 0.6) is 0 Å². The zero-order valence-corrected chi connectivity index (χ0v) is 13.4. The van der Waals surface area contributed by atoms with E-state index in [0.717, 1.165) is 10.0 Å². The lowest BCUT2D eigenvalue weighted by atomic mass is 10.0. The summed E-state index contributed by atoms with van der Waals surface area (Å²) in [5.41, 5.74) is 0.117. The molecule has 0 saturated heterocycles. The summed E-state index contributed by atoms with van der Waals surface area (Å²) in [6, 6.07) is 7.51. The Labute approximate surface area is 122 Å². The fraction of sp³-hybridized carbons (Fsp3) is 0.500. The second kappa shape index (κ2) is 6.50. The van der Waals surface area contributed by atoms with E-state index in [1.807, 2.05) is 38.1 Å². The number of carbonyl (C=O) groups is 1. The molecule has 1 aromatic rings. The molecule has 4 nitrogen and oxygen atoms in total. The summed E-state index contributed by atoms with van der Waals surface area (Å²) in [5, 5.41) is 13.2. The first-order valence-corrected chi connectivity index (χ1v) is 6.93. The third-order valence-electron chi connectivity index (χ3n) is 2.91. The highest BCUT2D eigenvalue weighted by Gasteiger charge is 2.29. The van der Waals surface area contributed by atoms with Crippen LogP contribution in [0.1, 0.15) is 25.5 Å². The number of carbonyl (C=O) groups excluding carboxylic acids is 1. The predicted octanol–water partition coefficient (Wildman–Crippen LogP) is 1.94. The lowest BCUT2D eigenvalue weighted by Gasteiger charge is -2.29. The van der Waals surface area contributed by atoms with Crippen LogP contribution in [0.4, 0.5) is 0 Å². The lowest BCUT2D eigenvalue weighted by Crippen LogP contribution is -2.53. The molecule has 106 valence electrons. The fourth-order valence-corrected chi connectivity index (χ4v) is 2.24. The molecule has 1 atom stereocenters. The van der Waals surface area contributed by atoms with E-state index in [1.165, 1.54) is 0 Å². The maximum atomic E-state index is 11.9. The SMILES string of the molecule is CN(C)C(=O)C(C)(C)NCC(O)c1cccc(Br)c1. The molecule has 0 aliphatic rings. The van der Waals surface area contributed by atoms with Gasteiger partial charge in [0.05, 0.1) is 11.6 Å². The minimum absolute atomic E-state index is 0.0195. The minimum Gasteiger partial charge on any atom is -0.387 e. The molecule has 0 bridgehead atoms. The summed E-state index contributed by atoms with van der Waals surface area (Å²) in [6.07, 6.45) is -0.647. The second-order valence-corrected chi connectivity index (χ2v) is 6.19. The van der Waals surface area contributed by atoms with Crippen LogP contribution in [-0.4, -0.2) is 42.1 Å². The number of nitrogens with zero attached hydrogens (tertiary/aromatic N) is 1. The Balaban J connectivity index is 2.64. The first-order valence-electron chi connectivity index (χ1n) is 6.14. The largest absolute Gasteiger partial charge is 0.387 e. The monoisotopic (exact) mass is 328 g/mol. The van der Waals surface area contributed by atoms with Crippen molar-refractivity contribution < 1.29 is 9.90 Å². The number of aliphatic hydroxyl groups is 1. The third-order valence-corrected chi connectivity index (χ3v) is 3.40. The Morgan fingerprint density at radius 1 is 1.47 bits per heavy atom. The average molecular weight is 329 g/mol. The molecular weight excluding hydrogens is 308 g/mol. The summed E-state index contributed by atoms with van der Waals surface area (Å²) in [6.45, 7) is 3.94. The number of nitrogens with one attached hydrogen (secondary N) is 1. The van der Waals surface area contributed by atoms with Crippen LogP contribution < -0.4 is 5.32 Å². The van der Waals surface area contributed by atoms with Crippen molar-refractivity contribution >= 4 is 21.8 Å². The fourth-order valence-electron chi connectivity index (χ4n) is 1.82. The van der Waals surface area contributed by atoms with Crippen molar-refractivity contribution in [1.29, 1.82) is 0 Å². The van der Waals surface area contributed by atoms with Crippen molar-refractivity contribution in [2.24, 2.45) is 0 Å². The topological polar surface area (TPSA) is 52.6 Å². The number of amides is 1. The molecule has 19 heavy (non-hydrogen) atoms. The summed E-state index contributed by atoms with van der Waals surface area (Å²) >= 11 is 3.37. The summed E-state index contributed by atoms with van der Waals surface area (Å²) in [7, 11) is 3.44. The Bertz CT molecular complexity index is 447. The molecule has 1 unspecified atom stereocenters. The van der Waals surface area contributed by atoms with E-state index in [0.29, 0.717) is 6.54 Å². The van der Waals surface area contributed by atoms with Crippen LogP contribution >= 0.6 is 15.9 Å². The van der Waals surface area contributed by atoms with Gasteiger partial charge in [-0.3, -0.25) is 4.79 Å². The Morgan fingerprint density at radius 3 is 2.63 bits per heavy atom. The van der Waals surface area contributed by atoms with Crippen LogP contribution in [0.3, 0.4) is 0 Å². The highest BCUT2D eigenvalue weighted by Crippen LogP contribution is 2.18. The first-order chi connectivity index (χ1) is 8.74. The molecule has 1 aromatic carbocycles. The van der Waals surface area contributed by atoms with Crippen molar-refractivity contribution in [1.82, 2.24) is 10.2 Å². The lowest BCUT2D eigenvalue weighted by molar-refractivity contribution is -0.134. The van der Waals surface area contributed by atoms with Gasteiger partial charge < -0.3 is 15.3 Å². The Morgan fingerprint density at radius 2 is 2.11 bits per heavy atom. The van der Waals surface area contributed by atoms with E-state index < -0.39 is 11.6 Å². The number of benzene rings is 1. The maximum Gasteiger partial charge on any atom is 0.241 e. The molecular formula is C14H21BrN2O2. The highest BCUT2D eigenvalue weighted by atomic mass is 79.9. The number of likely N-dealkylation sites (N-methyl/N-ethyl adjacent to an activating group) is 1. The van der Waals surface area contributed by atoms with Gasteiger partial charge >= 0.3 is 0 Å². The van der Waals surface area contributed by atoms with Gasteiger partial charge in [-0.05, 0) is 31.5 Å². The van der Waals surface area contributed by atoms with E-state index in [-0.39, 0.29) is 5.91 Å². The average Bonchev–Trinajstić information content (AvgIpc) is 2.35. The molecule has 1 amide bonds. The van der Waals surface area contributed by atoms with Gasteiger partial charge in [-0.1, -0.05) is 28.1 Å². The van der Waals surface area contributed by atoms with E-state index in [2.05, 4.69) is 21.2 Å². The molecule has 0 aliphatic carbocycles. The molecule has 0 radical (unpaired) electrons. The predicted molar refractivity (Wildman–Crippen MR) is 79.9 cm³/mol. The molecule has 0 saturated carbocycles. The van der Waals surface area contributed by atoms with Gasteiger partial charge in [-0.15, -0.1) is 0 Å². The van der Waals surface area contributed by atoms with Gasteiger partial charge in [0.25, 0.3) is 0 Å². The van der Waals surface area contributed by atoms with Crippen LogP contribution in [0.2, 0.25) is 0 Å². The summed E-state index contributed by atoms with van der Waals surface area (Å²) in [4.78, 5) is 13.5. The smallest absolute Gasteiger partial charge is 0.241 e. The van der Waals surface area contributed by atoms with E-state index in [4.69, 9.17) is 0 Å². The van der Waals surface area contributed by atoms with Gasteiger partial charge in [0.2, 0.25) is 5.91 Å². The van der Waals surface area contributed by atoms with Gasteiger partial charge in [0.1, 0.15) is 0 Å². The van der Waals surface area contributed by atoms with Crippen molar-refractivity contribution in [3.63, 3.8) is 0 Å². The number of rotatable bonds is 5. The molecule has 1 rings (SSSR count). The van der Waals surface area contributed by atoms with E-state index in [1.54, 1.807) is 19.0 Å². The maximum absolute atomic E-state index is 11.9. The molecule has 2 N–H and O–H groups in total. The van der Waals surface area contributed by atoms with Crippen molar-refractivity contribution in [3.05, 3.63) is 34.3 Å². The van der Waals surface area contributed by atoms with Gasteiger partial charge in [-0.25, -0.2) is 0 Å². The number of hydrogen-bond acceptors (Lipinski definition) is 3. The number of hydrogen-bond donors (Lipinski definition) is 2. The van der Waals surface area contributed by atoms with E-state index in [9.17, 15) is 9.90 Å². The number of halogens is 1. The Kier molecular flexibility index (Phi) is 5.52. The van der Waals surface area contributed by atoms with E-state index >= 15 is 0 Å². The standard InChI is InChI=1S/C14H21BrN2O2/c1-14(2,13(19)17(3)4)16-9-12(18)10-6-5-7-11(15)8-10/h5-8,12,16,18H,9H2,1-4H3. The summed E-state index contributed by atoms with van der Waals surface area (Å²) < 4.78 is 0.924. The number of aliphatic hydroxyl groups excluding tert-OH is 1. The van der Waals surface area contributed by atoms with Gasteiger partial charge in [-0.2, -0.15) is 0 Å². The molecule has 0 aliphatic heterocycles. The minimum atomic E-state index is -0.698. The van der Waals surface area contributed by atoms with Crippen LogP contribution in [-0.2, 0) is 4.79 Å². The number of β-amino-alcohol motifs (C(OH)–C–C–N with tert-alkyl or cyclic N) is 1. The second-order valence-electron chi connectivity index (χ2n) is 5.28. The zero-order chi connectivity index (χ0) is 14.6. The molecule has 0 aromatic heterocycles. The normalized spacial score (nSPS) is 13.2. The van der Waals surface area contributed by atoms with Crippen LogP contribution in [0, 0.1) is 0 Å². The van der Waals surface area contributed by atoms with Crippen LogP contribution in [0.15, 0.2) is 28.7 Å². The molecule has 5 heteroatoms. The molecule has 0 fully saturated rings. The molecule has 0 spiro atoms. The van der Waals surface area contributed by atoms with Crippen molar-refractivity contribution in [2.45, 2.75) is 25.5 Å². The first kappa shape index (κ1) is 16.1. The molecule has 0 heterocycles. The summed E-state index contributed by atoms with van der Waals surface area (Å²) in [5.74, 6) is -0.0195. The van der Waals surface area contributed by atoms with Gasteiger partial charge in [0.15, 0.2) is 0 Å². The van der Waals surface area contributed by atoms with Crippen molar-refractivity contribution in [3.8, 4) is 0 Å². The van der Waals surface area contributed by atoms with Crippen molar-refractivity contribution in [2.75, 3.05) is 20.6 Å². The third kappa shape index (κ3) is 4.60. The Hall–Kier alpha value is -0.910. The zero-order valence-electron chi connectivity index (χ0n) is 11.8. The van der Waals surface area contributed by atoms with Gasteiger partial charge in [0, 0.05) is 25.1 Å². The van der Waals surface area contributed by atoms with Crippen LogP contribution in [0.25, 0.3) is 0 Å².